The Balaban J connectivity index is 1.53. The quantitative estimate of drug-likeness (QED) is 0.250. The van der Waals surface area contributed by atoms with Gasteiger partial charge in [-0.1, -0.05) is 41.9 Å². The van der Waals surface area contributed by atoms with Gasteiger partial charge >= 0.3 is 0 Å². The molecular weight excluding hydrogens is 557 g/mol. The molecule has 0 spiro atoms. The van der Waals surface area contributed by atoms with Gasteiger partial charge in [0, 0.05) is 35.9 Å². The Kier molecular flexibility index (Phi) is 7.51. The number of anilines is 1. The first-order valence-corrected chi connectivity index (χ1v) is 14.3. The average molecular weight is 588 g/mol. The molecule has 2 aliphatic heterocycles. The minimum Gasteiger partial charge on any atom is -0.496 e. The van der Waals surface area contributed by atoms with Crippen molar-refractivity contribution in [2.45, 2.75) is 25.9 Å². The number of rotatable bonds is 6. The van der Waals surface area contributed by atoms with E-state index in [4.69, 9.17) is 21.1 Å². The number of aromatic nitrogens is 1. The van der Waals surface area contributed by atoms with Crippen LogP contribution in [0.1, 0.15) is 57.9 Å². The van der Waals surface area contributed by atoms with E-state index in [0.717, 1.165) is 22.5 Å². The van der Waals surface area contributed by atoms with Crippen LogP contribution in [0.4, 0.5) is 10.1 Å². The second-order valence-electron chi connectivity index (χ2n) is 10.7. The van der Waals surface area contributed by atoms with E-state index >= 15 is 0 Å². The summed E-state index contributed by atoms with van der Waals surface area (Å²) >= 11 is 6.17. The fourth-order valence-electron chi connectivity index (χ4n) is 5.96. The van der Waals surface area contributed by atoms with Gasteiger partial charge in [0.25, 0.3) is 11.8 Å². The lowest BCUT2D eigenvalue weighted by Crippen LogP contribution is -2.40. The summed E-state index contributed by atoms with van der Waals surface area (Å²) in [7, 11) is 1.59. The maximum absolute atomic E-state index is 14.2. The van der Waals surface area contributed by atoms with Crippen molar-refractivity contribution >= 4 is 29.1 Å². The van der Waals surface area contributed by atoms with Gasteiger partial charge in [-0.25, -0.2) is 4.39 Å². The van der Waals surface area contributed by atoms with Gasteiger partial charge in [0.1, 0.15) is 17.6 Å². The molecule has 3 heterocycles. The molecule has 0 saturated carbocycles. The second-order valence-corrected chi connectivity index (χ2v) is 11.1. The summed E-state index contributed by atoms with van der Waals surface area (Å²) in [6.07, 6.45) is 0. The lowest BCUT2D eigenvalue weighted by molar-refractivity contribution is 0.0303. The first kappa shape index (κ1) is 28.0. The number of carbonyl (C=O) groups excluding carboxylic acids is 2. The second kappa shape index (κ2) is 11.3. The molecule has 2 amide bonds. The van der Waals surface area contributed by atoms with Gasteiger partial charge < -0.3 is 18.9 Å². The van der Waals surface area contributed by atoms with Crippen molar-refractivity contribution in [1.29, 1.82) is 0 Å². The molecular formula is C33H31ClFN3O4. The van der Waals surface area contributed by atoms with E-state index in [-0.39, 0.29) is 22.9 Å². The zero-order valence-corrected chi connectivity index (χ0v) is 24.4. The van der Waals surface area contributed by atoms with Gasteiger partial charge in [0.2, 0.25) is 0 Å². The highest BCUT2D eigenvalue weighted by atomic mass is 35.5. The molecule has 2 aliphatic rings. The molecule has 6 rings (SSSR count). The van der Waals surface area contributed by atoms with Gasteiger partial charge in [0.15, 0.2) is 0 Å². The van der Waals surface area contributed by atoms with Crippen molar-refractivity contribution in [1.82, 2.24) is 9.47 Å². The van der Waals surface area contributed by atoms with Crippen LogP contribution >= 0.6 is 11.6 Å². The number of carbonyl (C=O) groups is 2. The Labute approximate surface area is 249 Å². The van der Waals surface area contributed by atoms with Crippen molar-refractivity contribution in [2.75, 3.05) is 38.3 Å². The first-order chi connectivity index (χ1) is 20.3. The van der Waals surface area contributed by atoms with E-state index in [9.17, 15) is 14.0 Å². The molecule has 9 heteroatoms. The van der Waals surface area contributed by atoms with Crippen LogP contribution in [0.2, 0.25) is 5.02 Å². The lowest BCUT2D eigenvalue weighted by atomic mass is 10.0. The van der Waals surface area contributed by atoms with Crippen LogP contribution in [-0.2, 0) is 4.74 Å². The predicted octanol–water partition coefficient (Wildman–Crippen LogP) is 6.76. The Morgan fingerprint density at radius 3 is 2.40 bits per heavy atom. The minimum absolute atomic E-state index is 0.0529. The number of hydrogen-bond donors (Lipinski definition) is 0. The number of hydrogen-bond acceptors (Lipinski definition) is 4. The van der Waals surface area contributed by atoms with Crippen molar-refractivity contribution in [3.63, 3.8) is 0 Å². The number of ether oxygens (including phenoxy) is 2. The third-order valence-electron chi connectivity index (χ3n) is 7.88. The molecule has 4 aromatic rings. The zero-order valence-electron chi connectivity index (χ0n) is 23.6. The van der Waals surface area contributed by atoms with Crippen molar-refractivity contribution in [3.8, 4) is 17.0 Å². The fraction of sp³-hybridized carbons (Fsp3) is 0.273. The van der Waals surface area contributed by atoms with Crippen LogP contribution in [-0.4, -0.2) is 54.7 Å². The SMILES string of the molecule is COc1ccc(C(=O)N2CCOCC2)cc1-c1cc2c(n1C(C)C)C(c1ccccc1)N(c1ccc(F)c(Cl)c1)C2=O. The number of morpholine rings is 1. The predicted molar refractivity (Wildman–Crippen MR) is 160 cm³/mol. The summed E-state index contributed by atoms with van der Waals surface area (Å²) in [5, 5.41) is -0.0531. The molecule has 0 N–H and O–H groups in total. The smallest absolute Gasteiger partial charge is 0.261 e. The van der Waals surface area contributed by atoms with Crippen molar-refractivity contribution < 1.29 is 23.5 Å². The number of halogens is 2. The molecule has 0 aliphatic carbocycles. The molecule has 1 aromatic heterocycles. The zero-order chi connectivity index (χ0) is 29.5. The summed E-state index contributed by atoms with van der Waals surface area (Å²) in [5.41, 5.74) is 4.77. The highest BCUT2D eigenvalue weighted by Gasteiger charge is 2.43. The van der Waals surface area contributed by atoms with E-state index in [1.54, 1.807) is 35.1 Å². The number of nitrogens with zero attached hydrogens (tertiary/aromatic N) is 3. The highest BCUT2D eigenvalue weighted by molar-refractivity contribution is 6.31. The molecule has 3 aromatic carbocycles. The molecule has 1 atom stereocenters. The van der Waals surface area contributed by atoms with Crippen LogP contribution in [0.25, 0.3) is 11.3 Å². The topological polar surface area (TPSA) is 64.0 Å². The Hall–Kier alpha value is -4.14. The van der Waals surface area contributed by atoms with Gasteiger partial charge in [-0.2, -0.15) is 0 Å². The van der Waals surface area contributed by atoms with Crippen LogP contribution in [0, 0.1) is 5.82 Å². The summed E-state index contributed by atoms with van der Waals surface area (Å²) in [6, 6.07) is 20.8. The largest absolute Gasteiger partial charge is 0.496 e. The molecule has 7 nitrogen and oxygen atoms in total. The maximum Gasteiger partial charge on any atom is 0.261 e. The molecule has 1 saturated heterocycles. The van der Waals surface area contributed by atoms with E-state index in [1.807, 2.05) is 42.5 Å². The Morgan fingerprint density at radius 2 is 1.74 bits per heavy atom. The van der Waals surface area contributed by atoms with Crippen LogP contribution in [0.15, 0.2) is 72.8 Å². The fourth-order valence-corrected chi connectivity index (χ4v) is 6.13. The number of fused-ring (bicyclic) bond motifs is 1. The van der Waals surface area contributed by atoms with Crippen molar-refractivity contribution in [3.05, 3.63) is 106 Å². The maximum atomic E-state index is 14.2. The van der Waals surface area contributed by atoms with Gasteiger partial charge in [0.05, 0.1) is 42.3 Å². The van der Waals surface area contributed by atoms with Crippen LogP contribution in [0.3, 0.4) is 0 Å². The number of methoxy groups -OCH3 is 1. The van der Waals surface area contributed by atoms with Gasteiger partial charge in [-0.05, 0) is 61.9 Å². The summed E-state index contributed by atoms with van der Waals surface area (Å²) < 4.78 is 27.4. The minimum atomic E-state index is -0.548. The van der Waals surface area contributed by atoms with Crippen LogP contribution in [0.5, 0.6) is 5.75 Å². The summed E-state index contributed by atoms with van der Waals surface area (Å²) in [5.74, 6) is -0.248. The molecule has 1 unspecified atom stereocenters. The first-order valence-electron chi connectivity index (χ1n) is 13.9. The van der Waals surface area contributed by atoms with Crippen LogP contribution < -0.4 is 9.64 Å². The molecule has 0 radical (unpaired) electrons. The van der Waals surface area contributed by atoms with E-state index in [2.05, 4.69) is 18.4 Å². The van der Waals surface area contributed by atoms with Crippen molar-refractivity contribution in [2.24, 2.45) is 0 Å². The third-order valence-corrected chi connectivity index (χ3v) is 8.17. The van der Waals surface area contributed by atoms with E-state index < -0.39 is 11.9 Å². The normalized spacial score (nSPS) is 16.7. The molecule has 42 heavy (non-hydrogen) atoms. The molecule has 0 bridgehead atoms. The average Bonchev–Trinajstić information content (AvgIpc) is 3.53. The Bertz CT molecular complexity index is 1660. The standard InChI is InChI=1S/C33H31ClFN3O4/c1-20(2)37-28(24-17-22(9-12-29(24)41-3)32(39)36-13-15-42-16-14-36)19-25-31(37)30(21-7-5-4-6-8-21)38(33(25)40)23-10-11-27(35)26(34)18-23/h4-12,17-20,30H,13-16H2,1-3H3. The van der Waals surface area contributed by atoms with E-state index in [1.165, 1.54) is 12.1 Å². The third kappa shape index (κ3) is 4.74. The highest BCUT2D eigenvalue weighted by Crippen LogP contribution is 2.47. The molecule has 216 valence electrons. The van der Waals surface area contributed by atoms with Gasteiger partial charge in [-0.3, -0.25) is 14.5 Å². The summed E-state index contributed by atoms with van der Waals surface area (Å²) in [4.78, 5) is 31.1. The Morgan fingerprint density at radius 1 is 1.00 bits per heavy atom. The van der Waals surface area contributed by atoms with Gasteiger partial charge in [-0.15, -0.1) is 0 Å². The number of benzene rings is 3. The van der Waals surface area contributed by atoms with E-state index in [0.29, 0.717) is 48.9 Å². The molecule has 1 fully saturated rings. The summed E-state index contributed by atoms with van der Waals surface area (Å²) in [6.45, 7) is 6.21. The monoisotopic (exact) mass is 587 g/mol. The number of amides is 2. The lowest BCUT2D eigenvalue weighted by Gasteiger charge is -2.29.